The van der Waals surface area contributed by atoms with Crippen molar-refractivity contribution in [1.29, 1.82) is 0 Å². The number of nitrogens with two attached hydrogens (primary N) is 1. The van der Waals surface area contributed by atoms with Gasteiger partial charge in [0, 0.05) is 12.2 Å². The van der Waals surface area contributed by atoms with Gasteiger partial charge in [-0.2, -0.15) is 0 Å². The maximum atomic E-state index is 13.0. The molecule has 0 saturated carbocycles. The van der Waals surface area contributed by atoms with Crippen LogP contribution in [0.15, 0.2) is 18.2 Å². The summed E-state index contributed by atoms with van der Waals surface area (Å²) >= 11 is 0. The molecule has 0 aliphatic carbocycles. The maximum Gasteiger partial charge on any atom is 0.126 e. The highest BCUT2D eigenvalue weighted by Gasteiger charge is 2.10. The smallest absolute Gasteiger partial charge is 0.126 e. The summed E-state index contributed by atoms with van der Waals surface area (Å²) in [7, 11) is 0. The minimum atomic E-state index is -0.162. The quantitative estimate of drug-likeness (QED) is 0.807. The SMILES string of the molecule is Cc1cc(NCC(CN)C(C)C)ccc1F. The van der Waals surface area contributed by atoms with Crippen molar-refractivity contribution >= 4 is 5.69 Å². The van der Waals surface area contributed by atoms with Gasteiger partial charge in [-0.15, -0.1) is 0 Å². The van der Waals surface area contributed by atoms with Gasteiger partial charge < -0.3 is 11.1 Å². The first-order valence-corrected chi connectivity index (χ1v) is 5.74. The molecule has 1 aromatic rings. The Bertz CT molecular complexity index is 337. The van der Waals surface area contributed by atoms with Gasteiger partial charge >= 0.3 is 0 Å². The second kappa shape index (κ2) is 5.85. The Hall–Kier alpha value is -1.09. The molecule has 3 heteroatoms. The van der Waals surface area contributed by atoms with Gasteiger partial charge in [0.2, 0.25) is 0 Å². The Labute approximate surface area is 97.0 Å². The average molecular weight is 224 g/mol. The van der Waals surface area contributed by atoms with E-state index in [2.05, 4.69) is 19.2 Å². The van der Waals surface area contributed by atoms with Gasteiger partial charge in [0.15, 0.2) is 0 Å². The van der Waals surface area contributed by atoms with Gasteiger partial charge in [0.05, 0.1) is 0 Å². The topological polar surface area (TPSA) is 38.0 Å². The van der Waals surface area contributed by atoms with E-state index >= 15 is 0 Å². The van der Waals surface area contributed by atoms with E-state index < -0.39 is 0 Å². The summed E-state index contributed by atoms with van der Waals surface area (Å²) in [6.07, 6.45) is 0. The van der Waals surface area contributed by atoms with Crippen molar-refractivity contribution in [2.75, 3.05) is 18.4 Å². The fourth-order valence-corrected chi connectivity index (χ4v) is 1.59. The number of halogens is 1. The molecule has 0 heterocycles. The second-order valence-electron chi connectivity index (χ2n) is 4.58. The molecule has 90 valence electrons. The van der Waals surface area contributed by atoms with Gasteiger partial charge in [-0.05, 0) is 49.1 Å². The third-order valence-electron chi connectivity index (χ3n) is 2.97. The lowest BCUT2D eigenvalue weighted by Gasteiger charge is -2.20. The van der Waals surface area contributed by atoms with Crippen molar-refractivity contribution in [3.05, 3.63) is 29.6 Å². The molecule has 2 nitrogen and oxygen atoms in total. The standard InChI is InChI=1S/C13H21FN2/c1-9(2)11(7-15)8-16-12-4-5-13(14)10(3)6-12/h4-6,9,11,16H,7-8,15H2,1-3H3. The summed E-state index contributed by atoms with van der Waals surface area (Å²) in [5.41, 5.74) is 7.31. The molecule has 1 rings (SSSR count). The third-order valence-corrected chi connectivity index (χ3v) is 2.97. The Kier molecular flexibility index (Phi) is 4.74. The van der Waals surface area contributed by atoms with Crippen LogP contribution in [-0.4, -0.2) is 13.1 Å². The zero-order chi connectivity index (χ0) is 12.1. The summed E-state index contributed by atoms with van der Waals surface area (Å²) in [5.74, 6) is 0.842. The van der Waals surface area contributed by atoms with E-state index in [4.69, 9.17) is 5.73 Å². The minimum absolute atomic E-state index is 0.162. The van der Waals surface area contributed by atoms with Gasteiger partial charge in [-0.25, -0.2) is 4.39 Å². The van der Waals surface area contributed by atoms with Crippen LogP contribution in [0.4, 0.5) is 10.1 Å². The van der Waals surface area contributed by atoms with Crippen LogP contribution in [0.25, 0.3) is 0 Å². The molecule has 3 N–H and O–H groups in total. The van der Waals surface area contributed by atoms with Gasteiger partial charge in [0.25, 0.3) is 0 Å². The number of nitrogens with one attached hydrogen (secondary N) is 1. The van der Waals surface area contributed by atoms with E-state index in [1.54, 1.807) is 13.0 Å². The van der Waals surface area contributed by atoms with E-state index in [0.29, 0.717) is 23.9 Å². The molecule has 0 aliphatic heterocycles. The molecule has 0 aliphatic rings. The predicted molar refractivity (Wildman–Crippen MR) is 67.0 cm³/mol. The highest BCUT2D eigenvalue weighted by Crippen LogP contribution is 2.15. The number of hydrogen-bond donors (Lipinski definition) is 2. The summed E-state index contributed by atoms with van der Waals surface area (Å²) in [6.45, 7) is 7.59. The Morgan fingerprint density at radius 3 is 2.56 bits per heavy atom. The van der Waals surface area contributed by atoms with Crippen molar-refractivity contribution < 1.29 is 4.39 Å². The zero-order valence-corrected chi connectivity index (χ0v) is 10.3. The molecule has 0 bridgehead atoms. The van der Waals surface area contributed by atoms with Crippen molar-refractivity contribution in [1.82, 2.24) is 0 Å². The largest absolute Gasteiger partial charge is 0.385 e. The number of hydrogen-bond acceptors (Lipinski definition) is 2. The number of anilines is 1. The van der Waals surface area contributed by atoms with E-state index in [1.165, 1.54) is 6.07 Å². The number of aryl methyl sites for hydroxylation is 1. The first-order valence-electron chi connectivity index (χ1n) is 5.74. The highest BCUT2D eigenvalue weighted by molar-refractivity contribution is 5.45. The Balaban J connectivity index is 2.57. The van der Waals surface area contributed by atoms with Crippen LogP contribution < -0.4 is 11.1 Å². The lowest BCUT2D eigenvalue weighted by atomic mass is 9.96. The number of rotatable bonds is 5. The third kappa shape index (κ3) is 3.49. The Morgan fingerprint density at radius 1 is 1.38 bits per heavy atom. The van der Waals surface area contributed by atoms with E-state index in [9.17, 15) is 4.39 Å². The molecule has 0 amide bonds. The summed E-state index contributed by atoms with van der Waals surface area (Å²) in [4.78, 5) is 0. The van der Waals surface area contributed by atoms with Crippen LogP contribution in [-0.2, 0) is 0 Å². The molecule has 16 heavy (non-hydrogen) atoms. The maximum absolute atomic E-state index is 13.0. The summed E-state index contributed by atoms with van der Waals surface area (Å²) in [5, 5.41) is 3.30. The lowest BCUT2D eigenvalue weighted by molar-refractivity contribution is 0.413. The van der Waals surface area contributed by atoms with Gasteiger partial charge in [-0.3, -0.25) is 0 Å². The summed E-state index contributed by atoms with van der Waals surface area (Å²) < 4.78 is 13.0. The first-order chi connectivity index (χ1) is 7.54. The minimum Gasteiger partial charge on any atom is -0.385 e. The highest BCUT2D eigenvalue weighted by atomic mass is 19.1. The van der Waals surface area contributed by atoms with Crippen LogP contribution in [0, 0.1) is 24.6 Å². The molecule has 1 unspecified atom stereocenters. The van der Waals surface area contributed by atoms with E-state index in [1.807, 2.05) is 6.07 Å². The number of benzene rings is 1. The first kappa shape index (κ1) is 13.0. The molecular weight excluding hydrogens is 203 g/mol. The van der Waals surface area contributed by atoms with Crippen molar-refractivity contribution in [3.63, 3.8) is 0 Å². The predicted octanol–water partition coefficient (Wildman–Crippen LogP) is 2.78. The second-order valence-corrected chi connectivity index (χ2v) is 4.58. The van der Waals surface area contributed by atoms with Crippen molar-refractivity contribution in [2.45, 2.75) is 20.8 Å². The van der Waals surface area contributed by atoms with E-state index in [-0.39, 0.29) is 5.82 Å². The molecule has 0 saturated heterocycles. The van der Waals surface area contributed by atoms with Crippen LogP contribution in [0.5, 0.6) is 0 Å². The summed E-state index contributed by atoms with van der Waals surface area (Å²) in [6, 6.07) is 5.07. The molecule has 0 aromatic heterocycles. The Morgan fingerprint density at radius 2 is 2.06 bits per heavy atom. The lowest BCUT2D eigenvalue weighted by Crippen LogP contribution is -2.27. The molecule has 1 aromatic carbocycles. The molecule has 0 fully saturated rings. The fourth-order valence-electron chi connectivity index (χ4n) is 1.59. The normalized spacial score (nSPS) is 12.9. The van der Waals surface area contributed by atoms with Crippen LogP contribution in [0.1, 0.15) is 19.4 Å². The van der Waals surface area contributed by atoms with Crippen LogP contribution in [0.3, 0.4) is 0 Å². The van der Waals surface area contributed by atoms with Gasteiger partial charge in [-0.1, -0.05) is 13.8 Å². The van der Waals surface area contributed by atoms with E-state index in [0.717, 1.165) is 12.2 Å². The molecule has 0 radical (unpaired) electrons. The van der Waals surface area contributed by atoms with Crippen molar-refractivity contribution in [2.24, 2.45) is 17.6 Å². The average Bonchev–Trinajstić information content (AvgIpc) is 2.23. The van der Waals surface area contributed by atoms with Gasteiger partial charge in [0.1, 0.15) is 5.82 Å². The van der Waals surface area contributed by atoms with Crippen LogP contribution in [0.2, 0.25) is 0 Å². The monoisotopic (exact) mass is 224 g/mol. The molecule has 1 atom stereocenters. The zero-order valence-electron chi connectivity index (χ0n) is 10.3. The molecular formula is C13H21FN2. The van der Waals surface area contributed by atoms with Crippen molar-refractivity contribution in [3.8, 4) is 0 Å². The molecule has 0 spiro atoms. The van der Waals surface area contributed by atoms with Crippen LogP contribution >= 0.6 is 0 Å². The fraction of sp³-hybridized carbons (Fsp3) is 0.538.